The average Bonchev–Trinajstić information content (AvgIpc) is 2.82. The Morgan fingerprint density at radius 2 is 1.84 bits per heavy atom. The molecule has 0 N–H and O–H groups in total. The number of aryl methyl sites for hydroxylation is 2. The molecule has 1 aromatic heterocycles. The monoisotopic (exact) mass is 251 g/mol. The van der Waals surface area contributed by atoms with Crippen LogP contribution in [0.1, 0.15) is 11.1 Å². The number of benzene rings is 2. The van der Waals surface area contributed by atoms with Crippen molar-refractivity contribution in [2.24, 2.45) is 0 Å². The van der Waals surface area contributed by atoms with Gasteiger partial charge >= 0.3 is 8.05 Å². The molecule has 2 aromatic carbocycles. The minimum Gasteiger partial charge on any atom is -0.567 e. The van der Waals surface area contributed by atoms with E-state index in [-0.39, 0.29) is 0 Å². The van der Waals surface area contributed by atoms with Gasteiger partial charge in [-0.3, -0.25) is 0 Å². The Balaban J connectivity index is 2.20. The van der Waals surface area contributed by atoms with Gasteiger partial charge in [0.15, 0.2) is 5.58 Å². The largest absolute Gasteiger partial charge is 0.567 e. The fraction of sp³-hybridized carbons (Fsp3) is 0.133. The van der Waals surface area contributed by atoms with E-state index in [0.29, 0.717) is 5.89 Å². The minimum atomic E-state index is 0.595. The summed E-state index contributed by atoms with van der Waals surface area (Å²) in [6.45, 7) is 4.15. The number of aromatic nitrogens is 1. The third kappa shape index (κ3) is 1.99. The third-order valence-corrected chi connectivity index (χ3v) is 3.34. The lowest BCUT2D eigenvalue weighted by Gasteiger charge is -2.04. The predicted molar refractivity (Wildman–Crippen MR) is 78.1 cm³/mol. The molecule has 3 aromatic rings. The Labute approximate surface area is 112 Å². The number of hydrogen-bond donors (Lipinski definition) is 0. The van der Waals surface area contributed by atoms with E-state index in [0.717, 1.165) is 22.4 Å². The molecule has 0 amide bonds. The highest BCUT2D eigenvalue weighted by atomic mass is 16.4. The first-order valence-corrected chi connectivity index (χ1v) is 6.20. The zero-order chi connectivity index (χ0) is 13.4. The smallest absolute Gasteiger partial charge is 0.322 e. The second kappa shape index (κ2) is 4.46. The standard InChI is InChI=1S/C15H14BNO2/c1-9-7-12-14(8-10(9)2)18-15(17-12)11-5-3-4-6-13(11)19-16/h3-8H,16H2,1-2H3. The molecule has 0 unspecified atom stereocenters. The summed E-state index contributed by atoms with van der Waals surface area (Å²) in [7, 11) is 1.65. The van der Waals surface area contributed by atoms with Gasteiger partial charge < -0.3 is 9.07 Å². The van der Waals surface area contributed by atoms with Crippen LogP contribution in [-0.4, -0.2) is 13.0 Å². The number of nitrogens with zero attached hydrogens (tertiary/aromatic N) is 1. The Bertz CT molecular complexity index is 710. The van der Waals surface area contributed by atoms with Crippen LogP contribution in [-0.2, 0) is 0 Å². The number of para-hydroxylation sites is 1. The van der Waals surface area contributed by atoms with Crippen molar-refractivity contribution < 1.29 is 9.07 Å². The molecule has 0 saturated heterocycles. The van der Waals surface area contributed by atoms with Crippen LogP contribution in [0.3, 0.4) is 0 Å². The summed E-state index contributed by atoms with van der Waals surface area (Å²) in [4.78, 5) is 4.55. The maximum absolute atomic E-state index is 5.84. The zero-order valence-electron chi connectivity index (χ0n) is 11.2. The van der Waals surface area contributed by atoms with E-state index in [9.17, 15) is 0 Å². The summed E-state index contributed by atoms with van der Waals surface area (Å²) in [6, 6.07) is 11.8. The molecule has 0 aliphatic rings. The van der Waals surface area contributed by atoms with Crippen LogP contribution >= 0.6 is 0 Å². The Morgan fingerprint density at radius 1 is 1.11 bits per heavy atom. The number of rotatable bonds is 2. The first kappa shape index (κ1) is 11.8. The lowest BCUT2D eigenvalue weighted by molar-refractivity contribution is 0.594. The van der Waals surface area contributed by atoms with Crippen LogP contribution in [0.25, 0.3) is 22.6 Å². The van der Waals surface area contributed by atoms with Gasteiger partial charge in [0, 0.05) is 0 Å². The summed E-state index contributed by atoms with van der Waals surface area (Å²) in [5.41, 5.74) is 4.98. The van der Waals surface area contributed by atoms with Crippen LogP contribution in [0.2, 0.25) is 0 Å². The molecule has 0 aliphatic carbocycles. The molecule has 0 spiro atoms. The van der Waals surface area contributed by atoms with Crippen molar-refractivity contribution in [1.29, 1.82) is 0 Å². The van der Waals surface area contributed by atoms with E-state index in [4.69, 9.17) is 9.07 Å². The second-order valence-corrected chi connectivity index (χ2v) is 4.62. The predicted octanol–water partition coefficient (Wildman–Crippen LogP) is 3.04. The fourth-order valence-corrected chi connectivity index (χ4v) is 2.12. The highest BCUT2D eigenvalue weighted by Gasteiger charge is 2.12. The number of hydrogen-bond acceptors (Lipinski definition) is 3. The van der Waals surface area contributed by atoms with E-state index in [1.807, 2.05) is 36.4 Å². The molecule has 94 valence electrons. The first-order chi connectivity index (χ1) is 9.19. The highest BCUT2D eigenvalue weighted by Crippen LogP contribution is 2.31. The van der Waals surface area contributed by atoms with Crippen molar-refractivity contribution in [3.05, 3.63) is 47.5 Å². The topological polar surface area (TPSA) is 35.3 Å². The molecule has 0 bridgehead atoms. The van der Waals surface area contributed by atoms with Crippen LogP contribution in [0.15, 0.2) is 40.8 Å². The van der Waals surface area contributed by atoms with Gasteiger partial charge in [0.05, 0.1) is 5.56 Å². The highest BCUT2D eigenvalue weighted by molar-refractivity contribution is 6.00. The quantitative estimate of drug-likeness (QED) is 0.656. The van der Waals surface area contributed by atoms with Gasteiger partial charge in [-0.15, -0.1) is 0 Å². The minimum absolute atomic E-state index is 0.595. The summed E-state index contributed by atoms with van der Waals surface area (Å²) < 4.78 is 11.2. The molecule has 0 fully saturated rings. The van der Waals surface area contributed by atoms with Gasteiger partial charge in [0.25, 0.3) is 0 Å². The number of fused-ring (bicyclic) bond motifs is 1. The molecule has 0 atom stereocenters. The third-order valence-electron chi connectivity index (χ3n) is 3.34. The van der Waals surface area contributed by atoms with Crippen molar-refractivity contribution >= 4 is 19.1 Å². The van der Waals surface area contributed by atoms with Crippen LogP contribution in [0.4, 0.5) is 0 Å². The molecular formula is C15H14BNO2. The van der Waals surface area contributed by atoms with Crippen molar-refractivity contribution in [3.8, 4) is 17.2 Å². The molecule has 3 nitrogen and oxygen atoms in total. The first-order valence-electron chi connectivity index (χ1n) is 6.20. The summed E-state index contributed by atoms with van der Waals surface area (Å²) >= 11 is 0. The molecular weight excluding hydrogens is 237 g/mol. The molecule has 4 heteroatoms. The number of oxazole rings is 1. The lowest BCUT2D eigenvalue weighted by Crippen LogP contribution is -1.88. The van der Waals surface area contributed by atoms with E-state index < -0.39 is 0 Å². The van der Waals surface area contributed by atoms with Gasteiger partial charge in [-0.2, -0.15) is 0 Å². The van der Waals surface area contributed by atoms with E-state index >= 15 is 0 Å². The molecule has 0 saturated carbocycles. The maximum Gasteiger partial charge on any atom is 0.322 e. The van der Waals surface area contributed by atoms with Crippen molar-refractivity contribution in [3.63, 3.8) is 0 Å². The Morgan fingerprint density at radius 3 is 2.63 bits per heavy atom. The molecule has 0 radical (unpaired) electrons. The molecule has 19 heavy (non-hydrogen) atoms. The van der Waals surface area contributed by atoms with Crippen LogP contribution in [0.5, 0.6) is 5.75 Å². The van der Waals surface area contributed by atoms with Crippen molar-refractivity contribution in [1.82, 2.24) is 4.98 Å². The van der Waals surface area contributed by atoms with Gasteiger partial charge in [-0.1, -0.05) is 12.1 Å². The lowest BCUT2D eigenvalue weighted by atomic mass is 10.1. The van der Waals surface area contributed by atoms with E-state index in [1.54, 1.807) is 8.05 Å². The summed E-state index contributed by atoms with van der Waals surface area (Å²) in [5, 5.41) is 0. The van der Waals surface area contributed by atoms with Crippen molar-refractivity contribution in [2.45, 2.75) is 13.8 Å². The molecule has 1 heterocycles. The van der Waals surface area contributed by atoms with Crippen molar-refractivity contribution in [2.75, 3.05) is 0 Å². The van der Waals surface area contributed by atoms with E-state index in [1.165, 1.54) is 11.1 Å². The normalized spacial score (nSPS) is 10.8. The fourth-order valence-electron chi connectivity index (χ4n) is 2.12. The van der Waals surface area contributed by atoms with E-state index in [2.05, 4.69) is 18.8 Å². The Hall–Kier alpha value is -2.23. The molecule has 3 rings (SSSR count). The SMILES string of the molecule is BOc1ccccc1-c1nc2cc(C)c(C)cc2o1. The average molecular weight is 251 g/mol. The summed E-state index contributed by atoms with van der Waals surface area (Å²) in [6.07, 6.45) is 0. The molecule has 0 aliphatic heterocycles. The van der Waals surface area contributed by atoms with Gasteiger partial charge in [-0.05, 0) is 49.2 Å². The second-order valence-electron chi connectivity index (χ2n) is 4.62. The summed E-state index contributed by atoms with van der Waals surface area (Å²) in [5.74, 6) is 1.36. The Kier molecular flexibility index (Phi) is 2.78. The van der Waals surface area contributed by atoms with Gasteiger partial charge in [0.1, 0.15) is 11.3 Å². The maximum atomic E-state index is 5.84. The van der Waals surface area contributed by atoms with Gasteiger partial charge in [0.2, 0.25) is 5.89 Å². The van der Waals surface area contributed by atoms with Crippen LogP contribution < -0.4 is 4.65 Å². The van der Waals surface area contributed by atoms with Crippen LogP contribution in [0, 0.1) is 13.8 Å². The van der Waals surface area contributed by atoms with Gasteiger partial charge in [-0.25, -0.2) is 4.98 Å². The zero-order valence-corrected chi connectivity index (χ0v) is 11.2.